The van der Waals surface area contributed by atoms with Crippen LogP contribution in [0, 0.1) is 10.1 Å². The van der Waals surface area contributed by atoms with Gasteiger partial charge in [-0.05, 0) is 73.2 Å². The molecule has 214 valence electrons. The maximum absolute atomic E-state index is 12.4. The van der Waals surface area contributed by atoms with Gasteiger partial charge in [0.2, 0.25) is 0 Å². The van der Waals surface area contributed by atoms with Crippen LogP contribution < -0.4 is 24.0 Å². The van der Waals surface area contributed by atoms with Gasteiger partial charge in [-0.2, -0.15) is 0 Å². The predicted molar refractivity (Wildman–Crippen MR) is 141 cm³/mol. The highest BCUT2D eigenvalue weighted by Crippen LogP contribution is 2.30. The molecular formula is C27H30F3N5O5. The van der Waals surface area contributed by atoms with Crippen LogP contribution in [0.4, 0.5) is 30.4 Å². The number of imidazole rings is 1. The second-order valence-corrected chi connectivity index (χ2v) is 9.71. The molecule has 0 bridgehead atoms. The predicted octanol–water partition coefficient (Wildman–Crippen LogP) is 5.42. The first-order valence-electron chi connectivity index (χ1n) is 13.2. The number of hydrogen-bond acceptors (Lipinski definition) is 8. The Labute approximate surface area is 229 Å². The van der Waals surface area contributed by atoms with Crippen molar-refractivity contribution in [2.75, 3.05) is 36.0 Å². The Balaban J connectivity index is 1.11. The van der Waals surface area contributed by atoms with Gasteiger partial charge in [-0.15, -0.1) is 13.2 Å². The van der Waals surface area contributed by atoms with Crippen molar-refractivity contribution >= 4 is 17.2 Å². The molecule has 1 saturated heterocycles. The number of nitro groups is 1. The van der Waals surface area contributed by atoms with Crippen LogP contribution in [0.2, 0.25) is 0 Å². The van der Waals surface area contributed by atoms with Crippen molar-refractivity contribution in [3.05, 3.63) is 64.8 Å². The second kappa shape index (κ2) is 11.5. The van der Waals surface area contributed by atoms with Gasteiger partial charge >= 0.3 is 18.2 Å². The van der Waals surface area contributed by atoms with Gasteiger partial charge in [0.05, 0.1) is 0 Å². The number of alkyl halides is 3. The number of aryl methyl sites for hydroxylation is 1. The standard InChI is InChI=1S/C27H30F3N5O5/c1-2-34(21-11-14-32(15-12-21)19-3-9-23(10-4-19)40-27(28,29)30)20-5-7-22(8-6-20)38-18-24-13-16-33-17-25(35(36)37)31-26(33)39-24/h3-10,17,21,24H,2,11-16,18H2,1H3/t24-/m1/s1. The smallest absolute Gasteiger partial charge is 0.490 e. The Kier molecular flexibility index (Phi) is 7.90. The highest BCUT2D eigenvalue weighted by molar-refractivity contribution is 5.52. The zero-order valence-corrected chi connectivity index (χ0v) is 21.9. The summed E-state index contributed by atoms with van der Waals surface area (Å²) in [6.45, 7) is 5.42. The van der Waals surface area contributed by atoms with Crippen LogP contribution in [-0.4, -0.2) is 59.2 Å². The fraction of sp³-hybridized carbons (Fsp3) is 0.444. The van der Waals surface area contributed by atoms with E-state index in [0.29, 0.717) is 31.4 Å². The van der Waals surface area contributed by atoms with Gasteiger partial charge in [0.15, 0.2) is 0 Å². The van der Waals surface area contributed by atoms with E-state index in [9.17, 15) is 23.3 Å². The molecule has 2 aliphatic heterocycles. The van der Waals surface area contributed by atoms with Crippen LogP contribution in [0.25, 0.3) is 0 Å². The molecule has 40 heavy (non-hydrogen) atoms. The van der Waals surface area contributed by atoms with Gasteiger partial charge in [-0.25, -0.2) is 0 Å². The number of piperidine rings is 1. The van der Waals surface area contributed by atoms with Crippen molar-refractivity contribution in [2.24, 2.45) is 0 Å². The third-order valence-corrected chi connectivity index (χ3v) is 7.16. The van der Waals surface area contributed by atoms with Crippen LogP contribution >= 0.6 is 0 Å². The Hall–Kier alpha value is -4.16. The van der Waals surface area contributed by atoms with Crippen LogP contribution in [0.5, 0.6) is 17.5 Å². The van der Waals surface area contributed by atoms with Gasteiger partial charge in [0.25, 0.3) is 0 Å². The first kappa shape index (κ1) is 27.4. The van der Waals surface area contributed by atoms with Gasteiger partial charge in [0.1, 0.15) is 30.4 Å². The van der Waals surface area contributed by atoms with Crippen molar-refractivity contribution in [2.45, 2.75) is 51.2 Å². The molecule has 13 heteroatoms. The molecule has 0 aliphatic carbocycles. The van der Waals surface area contributed by atoms with Crippen molar-refractivity contribution in [1.29, 1.82) is 0 Å². The third-order valence-electron chi connectivity index (χ3n) is 7.16. The Morgan fingerprint density at radius 1 is 1.05 bits per heavy atom. The number of anilines is 2. The number of ether oxygens (including phenoxy) is 3. The Morgan fingerprint density at radius 3 is 2.35 bits per heavy atom. The normalized spacial score (nSPS) is 17.6. The summed E-state index contributed by atoms with van der Waals surface area (Å²) in [5.41, 5.74) is 1.96. The van der Waals surface area contributed by atoms with E-state index in [1.807, 2.05) is 24.3 Å². The van der Waals surface area contributed by atoms with E-state index in [-0.39, 0.29) is 23.7 Å². The molecule has 1 atom stereocenters. The van der Waals surface area contributed by atoms with E-state index < -0.39 is 11.3 Å². The number of hydrogen-bond donors (Lipinski definition) is 0. The quantitative estimate of drug-likeness (QED) is 0.253. The van der Waals surface area contributed by atoms with E-state index >= 15 is 0 Å². The minimum absolute atomic E-state index is 0.222. The SMILES string of the molecule is CCN(c1ccc(OC[C@H]2CCn3cc([N+](=O)[O-])nc3O2)cc1)C1CCN(c2ccc(OC(F)(F)F)cc2)CC1. The lowest BCUT2D eigenvalue weighted by molar-refractivity contribution is -0.389. The largest absolute Gasteiger partial charge is 0.573 e. The molecular weight excluding hydrogens is 531 g/mol. The average molecular weight is 562 g/mol. The molecule has 0 unspecified atom stereocenters. The molecule has 5 rings (SSSR count). The summed E-state index contributed by atoms with van der Waals surface area (Å²) in [6, 6.07) is 14.5. The Morgan fingerprint density at radius 2 is 1.73 bits per heavy atom. The number of fused-ring (bicyclic) bond motifs is 1. The molecule has 0 spiro atoms. The molecule has 1 fully saturated rings. The summed E-state index contributed by atoms with van der Waals surface area (Å²) in [4.78, 5) is 18.8. The number of halogens is 3. The molecule has 1 aromatic heterocycles. The first-order chi connectivity index (χ1) is 19.2. The zero-order valence-electron chi connectivity index (χ0n) is 21.9. The average Bonchev–Trinajstić information content (AvgIpc) is 3.37. The highest BCUT2D eigenvalue weighted by atomic mass is 19.4. The summed E-state index contributed by atoms with van der Waals surface area (Å²) in [7, 11) is 0. The number of aromatic nitrogens is 2. The number of benzene rings is 2. The topological polar surface area (TPSA) is 95.1 Å². The highest BCUT2D eigenvalue weighted by Gasteiger charge is 2.31. The van der Waals surface area contributed by atoms with Crippen molar-refractivity contribution in [3.63, 3.8) is 0 Å². The van der Waals surface area contributed by atoms with Crippen LogP contribution in [0.15, 0.2) is 54.7 Å². The molecule has 0 N–H and O–H groups in total. The number of nitrogens with zero attached hydrogens (tertiary/aromatic N) is 5. The minimum Gasteiger partial charge on any atom is -0.490 e. The van der Waals surface area contributed by atoms with E-state index in [4.69, 9.17) is 9.47 Å². The molecule has 3 aromatic rings. The maximum Gasteiger partial charge on any atom is 0.573 e. The monoisotopic (exact) mass is 561 g/mol. The lowest BCUT2D eigenvalue weighted by Crippen LogP contribution is -2.45. The second-order valence-electron chi connectivity index (χ2n) is 9.71. The fourth-order valence-corrected chi connectivity index (χ4v) is 5.21. The summed E-state index contributed by atoms with van der Waals surface area (Å²) in [6.07, 6.45) is -1.08. The van der Waals surface area contributed by atoms with Gasteiger partial charge < -0.3 is 34.1 Å². The first-order valence-corrected chi connectivity index (χ1v) is 13.2. The van der Waals surface area contributed by atoms with Gasteiger partial charge in [-0.3, -0.25) is 4.57 Å². The van der Waals surface area contributed by atoms with Crippen molar-refractivity contribution < 1.29 is 32.3 Å². The molecule has 3 heterocycles. The summed E-state index contributed by atoms with van der Waals surface area (Å²) in [5, 5.41) is 10.9. The minimum atomic E-state index is -4.70. The maximum atomic E-state index is 12.4. The van der Waals surface area contributed by atoms with E-state index in [1.165, 1.54) is 18.3 Å². The molecule has 10 nitrogen and oxygen atoms in total. The molecule has 0 saturated carbocycles. The fourth-order valence-electron chi connectivity index (χ4n) is 5.21. The van der Waals surface area contributed by atoms with E-state index in [2.05, 4.69) is 26.4 Å². The van der Waals surface area contributed by atoms with Gasteiger partial charge in [0, 0.05) is 55.0 Å². The summed E-state index contributed by atoms with van der Waals surface area (Å²) >= 11 is 0. The molecule has 0 radical (unpaired) electrons. The van der Waals surface area contributed by atoms with Crippen LogP contribution in [0.3, 0.4) is 0 Å². The lowest BCUT2D eigenvalue weighted by atomic mass is 10.0. The van der Waals surface area contributed by atoms with Crippen LogP contribution in [0.1, 0.15) is 26.2 Å². The van der Waals surface area contributed by atoms with Crippen molar-refractivity contribution in [3.8, 4) is 17.5 Å². The van der Waals surface area contributed by atoms with E-state index in [0.717, 1.165) is 43.9 Å². The molecule has 0 amide bonds. The molecule has 2 aromatic carbocycles. The summed E-state index contributed by atoms with van der Waals surface area (Å²) < 4.78 is 54.6. The molecule has 2 aliphatic rings. The van der Waals surface area contributed by atoms with E-state index in [1.54, 1.807) is 16.7 Å². The lowest BCUT2D eigenvalue weighted by Gasteiger charge is -2.40. The summed E-state index contributed by atoms with van der Waals surface area (Å²) in [5.74, 6) is 0.253. The number of rotatable bonds is 9. The van der Waals surface area contributed by atoms with Crippen molar-refractivity contribution in [1.82, 2.24) is 9.55 Å². The van der Waals surface area contributed by atoms with Crippen LogP contribution in [-0.2, 0) is 6.54 Å². The zero-order chi connectivity index (χ0) is 28.3. The third kappa shape index (κ3) is 6.52. The van der Waals surface area contributed by atoms with Gasteiger partial charge in [-0.1, -0.05) is 0 Å². The Bertz CT molecular complexity index is 1290.